The molecule has 2 rings (SSSR count). The number of hydrogen-bond donors (Lipinski definition) is 1. The summed E-state index contributed by atoms with van der Waals surface area (Å²) in [6, 6.07) is 7.87. The van der Waals surface area contributed by atoms with Gasteiger partial charge in [-0.05, 0) is 35.7 Å². The Morgan fingerprint density at radius 3 is 2.50 bits per heavy atom. The van der Waals surface area contributed by atoms with Gasteiger partial charge < -0.3 is 10.0 Å². The van der Waals surface area contributed by atoms with E-state index in [4.69, 9.17) is 5.11 Å². The number of pyridine rings is 2. The minimum atomic E-state index is 0.0357. The van der Waals surface area contributed by atoms with Crippen molar-refractivity contribution in [2.75, 3.05) is 18.5 Å². The Balaban J connectivity index is 1.93. The predicted molar refractivity (Wildman–Crippen MR) is 71.4 cm³/mol. The smallest absolute Gasteiger partial charge is 0.128 e. The van der Waals surface area contributed by atoms with Gasteiger partial charge in [-0.1, -0.05) is 6.07 Å². The van der Waals surface area contributed by atoms with Crippen LogP contribution in [-0.4, -0.2) is 28.7 Å². The van der Waals surface area contributed by atoms with E-state index in [1.165, 1.54) is 5.56 Å². The molecule has 1 N–H and O–H groups in total. The molecule has 0 atom stereocenters. The van der Waals surface area contributed by atoms with Gasteiger partial charge >= 0.3 is 0 Å². The zero-order valence-corrected chi connectivity index (χ0v) is 10.5. The van der Waals surface area contributed by atoms with Gasteiger partial charge in [-0.2, -0.15) is 0 Å². The first-order chi connectivity index (χ1) is 8.79. The second kappa shape index (κ2) is 6.12. The SMILES string of the molecule is CN(CCc1ccncc1)c1ccc(CO)cn1. The molecule has 2 aromatic rings. The quantitative estimate of drug-likeness (QED) is 0.867. The molecule has 0 aliphatic carbocycles. The summed E-state index contributed by atoms with van der Waals surface area (Å²) in [5.74, 6) is 0.918. The molecule has 18 heavy (non-hydrogen) atoms. The topological polar surface area (TPSA) is 49.2 Å². The molecule has 0 saturated carbocycles. The highest BCUT2D eigenvalue weighted by Gasteiger charge is 2.02. The highest BCUT2D eigenvalue weighted by atomic mass is 16.3. The second-order valence-electron chi connectivity index (χ2n) is 4.21. The maximum absolute atomic E-state index is 8.96. The van der Waals surface area contributed by atoms with E-state index in [9.17, 15) is 0 Å². The highest BCUT2D eigenvalue weighted by Crippen LogP contribution is 2.10. The van der Waals surface area contributed by atoms with E-state index in [2.05, 4.69) is 14.9 Å². The van der Waals surface area contributed by atoms with Crippen LogP contribution < -0.4 is 4.90 Å². The lowest BCUT2D eigenvalue weighted by molar-refractivity contribution is 0.281. The third-order valence-corrected chi connectivity index (χ3v) is 2.87. The highest BCUT2D eigenvalue weighted by molar-refractivity contribution is 5.38. The van der Waals surface area contributed by atoms with E-state index < -0.39 is 0 Å². The number of aliphatic hydroxyl groups excluding tert-OH is 1. The molecule has 2 aromatic heterocycles. The number of anilines is 1. The van der Waals surface area contributed by atoms with E-state index in [1.54, 1.807) is 6.20 Å². The molecule has 0 spiro atoms. The summed E-state index contributed by atoms with van der Waals surface area (Å²) < 4.78 is 0. The summed E-state index contributed by atoms with van der Waals surface area (Å²) >= 11 is 0. The fraction of sp³-hybridized carbons (Fsp3) is 0.286. The van der Waals surface area contributed by atoms with Gasteiger partial charge in [0.1, 0.15) is 5.82 Å². The first kappa shape index (κ1) is 12.5. The molecule has 0 aromatic carbocycles. The van der Waals surface area contributed by atoms with Crippen LogP contribution in [0.25, 0.3) is 0 Å². The fourth-order valence-electron chi connectivity index (χ4n) is 1.70. The molecule has 0 aliphatic rings. The second-order valence-corrected chi connectivity index (χ2v) is 4.21. The average molecular weight is 243 g/mol. The van der Waals surface area contributed by atoms with Gasteiger partial charge in [0.25, 0.3) is 0 Å². The van der Waals surface area contributed by atoms with Crippen LogP contribution in [0.2, 0.25) is 0 Å². The first-order valence-corrected chi connectivity index (χ1v) is 5.95. The number of likely N-dealkylation sites (N-methyl/N-ethyl adjacent to an activating group) is 1. The summed E-state index contributed by atoms with van der Waals surface area (Å²) in [5.41, 5.74) is 2.10. The number of aromatic nitrogens is 2. The summed E-state index contributed by atoms with van der Waals surface area (Å²) in [6.07, 6.45) is 6.29. The Bertz CT molecular complexity index is 470. The Hall–Kier alpha value is -1.94. The molecule has 94 valence electrons. The summed E-state index contributed by atoms with van der Waals surface area (Å²) in [6.45, 7) is 0.934. The molecule has 0 unspecified atom stereocenters. The van der Waals surface area contributed by atoms with Crippen molar-refractivity contribution in [1.29, 1.82) is 0 Å². The van der Waals surface area contributed by atoms with Crippen molar-refractivity contribution in [2.45, 2.75) is 13.0 Å². The molecular weight excluding hydrogens is 226 g/mol. The summed E-state index contributed by atoms with van der Waals surface area (Å²) in [5, 5.41) is 8.96. The zero-order chi connectivity index (χ0) is 12.8. The van der Waals surface area contributed by atoms with Crippen LogP contribution in [0.5, 0.6) is 0 Å². The summed E-state index contributed by atoms with van der Waals surface area (Å²) in [7, 11) is 2.02. The summed E-state index contributed by atoms with van der Waals surface area (Å²) in [4.78, 5) is 10.4. The fourth-order valence-corrected chi connectivity index (χ4v) is 1.70. The average Bonchev–Trinajstić information content (AvgIpc) is 2.46. The van der Waals surface area contributed by atoms with Crippen molar-refractivity contribution >= 4 is 5.82 Å². The van der Waals surface area contributed by atoms with Crippen LogP contribution in [0.1, 0.15) is 11.1 Å². The minimum Gasteiger partial charge on any atom is -0.392 e. The van der Waals surface area contributed by atoms with Crippen LogP contribution in [-0.2, 0) is 13.0 Å². The minimum absolute atomic E-state index is 0.0357. The number of aliphatic hydroxyl groups is 1. The van der Waals surface area contributed by atoms with Crippen molar-refractivity contribution < 1.29 is 5.11 Å². The normalized spacial score (nSPS) is 10.3. The molecular formula is C14H17N3O. The lowest BCUT2D eigenvalue weighted by Gasteiger charge is -2.18. The molecule has 0 bridgehead atoms. The lowest BCUT2D eigenvalue weighted by Crippen LogP contribution is -2.21. The van der Waals surface area contributed by atoms with E-state index in [0.717, 1.165) is 24.3 Å². The largest absolute Gasteiger partial charge is 0.392 e. The van der Waals surface area contributed by atoms with Gasteiger partial charge in [-0.15, -0.1) is 0 Å². The maximum Gasteiger partial charge on any atom is 0.128 e. The van der Waals surface area contributed by atoms with Crippen LogP contribution in [0.4, 0.5) is 5.82 Å². The molecule has 4 heteroatoms. The van der Waals surface area contributed by atoms with Crippen molar-refractivity contribution in [3.8, 4) is 0 Å². The van der Waals surface area contributed by atoms with E-state index >= 15 is 0 Å². The molecule has 0 saturated heterocycles. The number of rotatable bonds is 5. The van der Waals surface area contributed by atoms with E-state index in [-0.39, 0.29) is 6.61 Å². The predicted octanol–water partition coefficient (Wildman–Crippen LogP) is 1.65. The molecule has 0 fully saturated rings. The van der Waals surface area contributed by atoms with Crippen LogP contribution in [0, 0.1) is 0 Å². The van der Waals surface area contributed by atoms with Crippen molar-refractivity contribution in [1.82, 2.24) is 9.97 Å². The Kier molecular flexibility index (Phi) is 4.25. The Morgan fingerprint density at radius 1 is 1.11 bits per heavy atom. The van der Waals surface area contributed by atoms with Crippen molar-refractivity contribution in [3.05, 3.63) is 54.0 Å². The van der Waals surface area contributed by atoms with Crippen molar-refractivity contribution in [3.63, 3.8) is 0 Å². The lowest BCUT2D eigenvalue weighted by atomic mass is 10.2. The van der Waals surface area contributed by atoms with Crippen LogP contribution in [0.15, 0.2) is 42.9 Å². The van der Waals surface area contributed by atoms with Gasteiger partial charge in [0, 0.05) is 32.2 Å². The van der Waals surface area contributed by atoms with Crippen LogP contribution in [0.3, 0.4) is 0 Å². The number of hydrogen-bond acceptors (Lipinski definition) is 4. The van der Waals surface area contributed by atoms with Gasteiger partial charge in [-0.3, -0.25) is 4.98 Å². The van der Waals surface area contributed by atoms with E-state index in [1.807, 2.05) is 43.7 Å². The molecule has 2 heterocycles. The van der Waals surface area contributed by atoms with Gasteiger partial charge in [0.15, 0.2) is 0 Å². The Labute approximate surface area is 107 Å². The standard InChI is InChI=1S/C14H17N3O/c1-17(9-6-12-4-7-15-8-5-12)14-3-2-13(11-18)10-16-14/h2-5,7-8,10,18H,6,9,11H2,1H3. The molecule has 0 aliphatic heterocycles. The Morgan fingerprint density at radius 2 is 1.89 bits per heavy atom. The first-order valence-electron chi connectivity index (χ1n) is 5.95. The molecule has 0 amide bonds. The maximum atomic E-state index is 8.96. The monoisotopic (exact) mass is 243 g/mol. The van der Waals surface area contributed by atoms with Crippen LogP contribution >= 0.6 is 0 Å². The number of nitrogens with zero attached hydrogens (tertiary/aromatic N) is 3. The van der Waals surface area contributed by atoms with Gasteiger partial charge in [0.2, 0.25) is 0 Å². The zero-order valence-electron chi connectivity index (χ0n) is 10.5. The van der Waals surface area contributed by atoms with Gasteiger partial charge in [0.05, 0.1) is 6.61 Å². The van der Waals surface area contributed by atoms with E-state index in [0.29, 0.717) is 0 Å². The molecule has 4 nitrogen and oxygen atoms in total. The van der Waals surface area contributed by atoms with Crippen molar-refractivity contribution in [2.24, 2.45) is 0 Å². The molecule has 0 radical (unpaired) electrons. The third kappa shape index (κ3) is 3.28. The van der Waals surface area contributed by atoms with Gasteiger partial charge in [-0.25, -0.2) is 4.98 Å². The third-order valence-electron chi connectivity index (χ3n) is 2.87.